The summed E-state index contributed by atoms with van der Waals surface area (Å²) in [5.74, 6) is 0.309. The van der Waals surface area contributed by atoms with Gasteiger partial charge in [-0.05, 0) is 23.8 Å². The molecule has 2 aromatic rings. The topological polar surface area (TPSA) is 57.2 Å². The Balaban J connectivity index is 1.59. The molecule has 110 valence electrons. The van der Waals surface area contributed by atoms with Crippen LogP contribution in [0.3, 0.4) is 0 Å². The summed E-state index contributed by atoms with van der Waals surface area (Å²) in [5, 5.41) is 16.4. The van der Waals surface area contributed by atoms with E-state index in [4.69, 9.17) is 0 Å². The van der Waals surface area contributed by atoms with Gasteiger partial charge in [0.2, 0.25) is 0 Å². The van der Waals surface area contributed by atoms with Gasteiger partial charge in [-0.3, -0.25) is 4.98 Å². The highest BCUT2D eigenvalue weighted by atomic mass is 16.3. The zero-order chi connectivity index (χ0) is 14.5. The van der Waals surface area contributed by atoms with E-state index in [1.807, 2.05) is 24.4 Å². The second-order valence-electron chi connectivity index (χ2n) is 5.53. The summed E-state index contributed by atoms with van der Waals surface area (Å²) in [6.45, 7) is 3.25. The molecule has 0 aliphatic carbocycles. The van der Waals surface area contributed by atoms with Crippen LogP contribution in [0.1, 0.15) is 5.56 Å². The average Bonchev–Trinajstić information content (AvgIpc) is 2.94. The molecule has 1 saturated heterocycles. The molecule has 21 heavy (non-hydrogen) atoms. The molecule has 1 aromatic carbocycles. The van der Waals surface area contributed by atoms with Crippen molar-refractivity contribution in [2.24, 2.45) is 5.92 Å². The lowest BCUT2D eigenvalue weighted by molar-refractivity contribution is 0.146. The van der Waals surface area contributed by atoms with E-state index in [0.29, 0.717) is 12.5 Å². The molecule has 1 aliphatic rings. The van der Waals surface area contributed by atoms with Crippen LogP contribution in [0, 0.1) is 5.92 Å². The fraction of sp³-hybridized carbons (Fsp3) is 0.353. The maximum Gasteiger partial charge on any atom is 0.0716 e. The Kier molecular flexibility index (Phi) is 4.60. The van der Waals surface area contributed by atoms with Crippen molar-refractivity contribution < 1.29 is 5.11 Å². The number of pyridine rings is 1. The summed E-state index contributed by atoms with van der Waals surface area (Å²) >= 11 is 0. The summed E-state index contributed by atoms with van der Waals surface area (Å²) in [6, 6.07) is 14.4. The van der Waals surface area contributed by atoms with E-state index < -0.39 is 0 Å². The predicted molar refractivity (Wildman–Crippen MR) is 83.7 cm³/mol. The van der Waals surface area contributed by atoms with E-state index in [1.54, 1.807) is 0 Å². The van der Waals surface area contributed by atoms with Gasteiger partial charge in [0, 0.05) is 43.9 Å². The lowest BCUT2D eigenvalue weighted by atomic mass is 10.1. The monoisotopic (exact) mass is 283 g/mol. The first kappa shape index (κ1) is 14.2. The quantitative estimate of drug-likeness (QED) is 0.777. The summed E-state index contributed by atoms with van der Waals surface area (Å²) < 4.78 is 0. The van der Waals surface area contributed by atoms with Crippen LogP contribution in [0.15, 0.2) is 48.7 Å². The van der Waals surface area contributed by atoms with Crippen LogP contribution >= 0.6 is 0 Å². The number of aliphatic hydroxyl groups excluding tert-OH is 1. The molecule has 3 N–H and O–H groups in total. The van der Waals surface area contributed by atoms with E-state index in [1.165, 1.54) is 5.56 Å². The second kappa shape index (κ2) is 6.80. The average molecular weight is 283 g/mol. The van der Waals surface area contributed by atoms with Crippen LogP contribution in [-0.4, -0.2) is 35.8 Å². The highest BCUT2D eigenvalue weighted by Gasteiger charge is 2.23. The van der Waals surface area contributed by atoms with Crippen molar-refractivity contribution in [2.75, 3.05) is 19.6 Å². The van der Waals surface area contributed by atoms with Crippen molar-refractivity contribution >= 4 is 0 Å². The molecule has 0 spiro atoms. The van der Waals surface area contributed by atoms with Crippen molar-refractivity contribution in [3.63, 3.8) is 0 Å². The zero-order valence-electron chi connectivity index (χ0n) is 12.0. The van der Waals surface area contributed by atoms with Crippen molar-refractivity contribution in [1.29, 1.82) is 0 Å². The fourth-order valence-electron chi connectivity index (χ4n) is 2.70. The van der Waals surface area contributed by atoms with Gasteiger partial charge >= 0.3 is 0 Å². The first-order valence-electron chi connectivity index (χ1n) is 7.43. The number of β-amino-alcohol motifs (C(OH)–C–C–N with tert-alkyl or cyclic N) is 1. The number of nitrogens with one attached hydrogen (secondary N) is 2. The first-order chi connectivity index (χ1) is 10.3. The van der Waals surface area contributed by atoms with Gasteiger partial charge in [-0.2, -0.15) is 0 Å². The van der Waals surface area contributed by atoms with Crippen LogP contribution in [0.5, 0.6) is 0 Å². The molecular formula is C17H21N3O. The molecule has 0 radical (unpaired) electrons. The fourth-order valence-corrected chi connectivity index (χ4v) is 2.70. The van der Waals surface area contributed by atoms with Crippen LogP contribution in [0.2, 0.25) is 0 Å². The summed E-state index contributed by atoms with van der Waals surface area (Å²) in [6.07, 6.45) is 1.59. The molecule has 0 saturated carbocycles. The maximum atomic E-state index is 9.77. The lowest BCUT2D eigenvalue weighted by Crippen LogP contribution is -2.30. The molecule has 4 nitrogen and oxygen atoms in total. The molecular weight excluding hydrogens is 262 g/mol. The smallest absolute Gasteiger partial charge is 0.0716 e. The van der Waals surface area contributed by atoms with Gasteiger partial charge in [-0.15, -0.1) is 0 Å². The van der Waals surface area contributed by atoms with E-state index in [0.717, 1.165) is 30.9 Å². The zero-order valence-corrected chi connectivity index (χ0v) is 12.0. The Morgan fingerprint density at radius 3 is 2.90 bits per heavy atom. The highest BCUT2D eigenvalue weighted by Crippen LogP contribution is 2.17. The molecule has 1 aliphatic heterocycles. The molecule has 2 heterocycles. The summed E-state index contributed by atoms with van der Waals surface area (Å²) in [4.78, 5) is 4.38. The van der Waals surface area contributed by atoms with E-state index in [2.05, 4.69) is 39.9 Å². The number of hydrogen-bond acceptors (Lipinski definition) is 4. The first-order valence-corrected chi connectivity index (χ1v) is 7.43. The van der Waals surface area contributed by atoms with Gasteiger partial charge in [0.1, 0.15) is 0 Å². The van der Waals surface area contributed by atoms with Crippen molar-refractivity contribution in [3.8, 4) is 11.3 Å². The Labute approximate surface area is 125 Å². The predicted octanol–water partition coefficient (Wildman–Crippen LogP) is 1.42. The summed E-state index contributed by atoms with van der Waals surface area (Å²) in [7, 11) is 0. The Hall–Kier alpha value is -1.75. The SMILES string of the molecule is OC1CNCC1CNCc1cccc(-c2ccccn2)c1. The van der Waals surface area contributed by atoms with Crippen LogP contribution in [0.4, 0.5) is 0 Å². The number of hydrogen-bond donors (Lipinski definition) is 3. The molecule has 1 aromatic heterocycles. The summed E-state index contributed by atoms with van der Waals surface area (Å²) in [5.41, 5.74) is 3.37. The number of rotatable bonds is 5. The minimum atomic E-state index is -0.225. The third-order valence-corrected chi connectivity index (χ3v) is 3.93. The highest BCUT2D eigenvalue weighted by molar-refractivity contribution is 5.59. The third kappa shape index (κ3) is 3.67. The Bertz CT molecular complexity index is 573. The molecule has 2 atom stereocenters. The van der Waals surface area contributed by atoms with Crippen LogP contribution < -0.4 is 10.6 Å². The van der Waals surface area contributed by atoms with Gasteiger partial charge in [0.05, 0.1) is 11.8 Å². The van der Waals surface area contributed by atoms with Gasteiger partial charge in [-0.25, -0.2) is 0 Å². The van der Waals surface area contributed by atoms with Gasteiger partial charge in [0.15, 0.2) is 0 Å². The van der Waals surface area contributed by atoms with E-state index in [9.17, 15) is 5.11 Å². The van der Waals surface area contributed by atoms with Crippen LogP contribution in [0.25, 0.3) is 11.3 Å². The Morgan fingerprint density at radius 2 is 2.14 bits per heavy atom. The lowest BCUT2D eigenvalue weighted by Gasteiger charge is -2.14. The standard InChI is InChI=1S/C17H21N3O/c21-17-12-19-11-15(17)10-18-9-13-4-3-5-14(8-13)16-6-1-2-7-20-16/h1-8,15,17-19,21H,9-12H2. The molecule has 2 unspecified atom stereocenters. The van der Waals surface area contributed by atoms with Crippen LogP contribution in [-0.2, 0) is 6.54 Å². The minimum absolute atomic E-state index is 0.225. The van der Waals surface area contributed by atoms with Gasteiger partial charge in [-0.1, -0.05) is 24.3 Å². The van der Waals surface area contributed by atoms with Gasteiger partial charge < -0.3 is 15.7 Å². The Morgan fingerprint density at radius 1 is 1.19 bits per heavy atom. The van der Waals surface area contributed by atoms with Crippen molar-refractivity contribution in [2.45, 2.75) is 12.6 Å². The number of benzene rings is 1. The molecule has 4 heteroatoms. The number of nitrogens with zero attached hydrogens (tertiary/aromatic N) is 1. The second-order valence-corrected chi connectivity index (χ2v) is 5.53. The normalized spacial score (nSPS) is 21.6. The number of aliphatic hydroxyl groups is 1. The number of aromatic nitrogens is 1. The molecule has 3 rings (SSSR count). The molecule has 0 bridgehead atoms. The van der Waals surface area contributed by atoms with Gasteiger partial charge in [0.25, 0.3) is 0 Å². The molecule has 0 amide bonds. The van der Waals surface area contributed by atoms with Crippen molar-refractivity contribution in [3.05, 3.63) is 54.2 Å². The third-order valence-electron chi connectivity index (χ3n) is 3.93. The molecule has 1 fully saturated rings. The maximum absolute atomic E-state index is 9.77. The minimum Gasteiger partial charge on any atom is -0.391 e. The largest absolute Gasteiger partial charge is 0.391 e. The van der Waals surface area contributed by atoms with E-state index >= 15 is 0 Å². The van der Waals surface area contributed by atoms with Crippen molar-refractivity contribution in [1.82, 2.24) is 15.6 Å². The van der Waals surface area contributed by atoms with E-state index in [-0.39, 0.29) is 6.10 Å².